The molecule has 1 atom stereocenters. The molecule has 0 fully saturated rings. The van der Waals surface area contributed by atoms with Gasteiger partial charge in [0, 0.05) is 13.1 Å². The third-order valence-electron chi connectivity index (χ3n) is 2.64. The lowest BCUT2D eigenvalue weighted by Crippen LogP contribution is -2.37. The smallest absolute Gasteiger partial charge is 0.146 e. The van der Waals surface area contributed by atoms with Crippen LogP contribution >= 0.6 is 0 Å². The molecule has 2 rings (SSSR count). The van der Waals surface area contributed by atoms with E-state index < -0.39 is 0 Å². The zero-order valence-corrected chi connectivity index (χ0v) is 10.1. The number of likely N-dealkylation sites (N-methyl/N-ethyl adjacent to an activating group) is 1. The van der Waals surface area contributed by atoms with Crippen molar-refractivity contribution in [2.24, 2.45) is 10.1 Å². The first kappa shape index (κ1) is 11.1. The molecule has 0 aliphatic carbocycles. The van der Waals surface area contributed by atoms with Crippen LogP contribution in [0.5, 0.6) is 0 Å². The summed E-state index contributed by atoms with van der Waals surface area (Å²) >= 11 is 0. The molecule has 0 aromatic carbocycles. The van der Waals surface area contributed by atoms with Crippen molar-refractivity contribution < 1.29 is 0 Å². The summed E-state index contributed by atoms with van der Waals surface area (Å²) in [6.45, 7) is 4.89. The highest BCUT2D eigenvalue weighted by Crippen LogP contribution is 2.14. The Kier molecular flexibility index (Phi) is 3.24. The molecule has 0 amide bonds. The van der Waals surface area contributed by atoms with Crippen molar-refractivity contribution in [3.63, 3.8) is 0 Å². The Morgan fingerprint density at radius 2 is 2.31 bits per heavy atom. The van der Waals surface area contributed by atoms with Gasteiger partial charge in [-0.25, -0.2) is 5.01 Å². The Bertz CT molecular complexity index is 342. The van der Waals surface area contributed by atoms with E-state index >= 15 is 0 Å². The average Bonchev–Trinajstić information content (AvgIpc) is 2.60. The summed E-state index contributed by atoms with van der Waals surface area (Å²) in [7, 11) is 4.13. The van der Waals surface area contributed by atoms with E-state index in [1.807, 2.05) is 17.2 Å². The van der Waals surface area contributed by atoms with Crippen LogP contribution in [-0.4, -0.2) is 61.4 Å². The molecule has 5 heteroatoms. The second kappa shape index (κ2) is 4.65. The van der Waals surface area contributed by atoms with Crippen molar-refractivity contribution in [2.45, 2.75) is 13.0 Å². The summed E-state index contributed by atoms with van der Waals surface area (Å²) in [4.78, 5) is 6.54. The fourth-order valence-electron chi connectivity index (χ4n) is 1.68. The second-order valence-electron chi connectivity index (χ2n) is 4.44. The first-order chi connectivity index (χ1) is 7.66. The number of hydrogen-bond acceptors (Lipinski definition) is 5. The minimum absolute atomic E-state index is 0.380. The van der Waals surface area contributed by atoms with Crippen molar-refractivity contribution in [3.05, 3.63) is 12.2 Å². The second-order valence-corrected chi connectivity index (χ2v) is 4.44. The number of amidine groups is 2. The molecule has 0 radical (unpaired) electrons. The van der Waals surface area contributed by atoms with Gasteiger partial charge < -0.3 is 10.2 Å². The molecule has 88 valence electrons. The molecule has 1 N–H and O–H groups in total. The molecule has 0 aromatic rings. The Morgan fingerprint density at radius 3 is 3.06 bits per heavy atom. The van der Waals surface area contributed by atoms with Gasteiger partial charge in [-0.2, -0.15) is 5.10 Å². The normalized spacial score (nSPS) is 23.2. The highest BCUT2D eigenvalue weighted by atomic mass is 15.5. The molecule has 16 heavy (non-hydrogen) atoms. The Balaban J connectivity index is 1.90. The Labute approximate surface area is 96.5 Å². The summed E-state index contributed by atoms with van der Waals surface area (Å²) in [6, 6.07) is 0.380. The van der Waals surface area contributed by atoms with Crippen molar-refractivity contribution >= 4 is 11.7 Å². The van der Waals surface area contributed by atoms with Crippen LogP contribution in [0.1, 0.15) is 6.92 Å². The lowest BCUT2D eigenvalue weighted by molar-refractivity contribution is 0.379. The lowest BCUT2D eigenvalue weighted by atomic mass is 10.3. The Hall–Kier alpha value is -1.36. The summed E-state index contributed by atoms with van der Waals surface area (Å²) in [5.41, 5.74) is 0. The largest absolute Gasteiger partial charge is 0.367 e. The van der Waals surface area contributed by atoms with Crippen LogP contribution in [0.4, 0.5) is 0 Å². The quantitative estimate of drug-likeness (QED) is 0.736. The van der Waals surface area contributed by atoms with Crippen LogP contribution in [0.15, 0.2) is 22.2 Å². The van der Waals surface area contributed by atoms with Crippen LogP contribution in [0.25, 0.3) is 0 Å². The van der Waals surface area contributed by atoms with E-state index in [9.17, 15) is 0 Å². The van der Waals surface area contributed by atoms with Crippen LogP contribution in [0, 0.1) is 0 Å². The standard InChI is InChI=1S/C11H19N5/c1-9-8-13-11-5-4-10(14-16(9)11)12-6-7-15(2)3/h4-5,9H,6-8H2,1-3H3,(H,12,14). The first-order valence-electron chi connectivity index (χ1n) is 5.66. The van der Waals surface area contributed by atoms with Crippen molar-refractivity contribution in [2.75, 3.05) is 33.7 Å². The SMILES string of the molecule is CC1CN=C2C=CC(NCCN(C)C)=NN21. The summed E-state index contributed by atoms with van der Waals surface area (Å²) in [6.07, 6.45) is 4.01. The van der Waals surface area contributed by atoms with Gasteiger partial charge in [0.1, 0.15) is 11.7 Å². The van der Waals surface area contributed by atoms with Gasteiger partial charge in [-0.15, -0.1) is 0 Å². The summed E-state index contributed by atoms with van der Waals surface area (Å²) < 4.78 is 0. The number of nitrogens with zero attached hydrogens (tertiary/aromatic N) is 4. The van der Waals surface area contributed by atoms with Gasteiger partial charge in [-0.3, -0.25) is 4.99 Å². The monoisotopic (exact) mass is 221 g/mol. The highest BCUT2D eigenvalue weighted by molar-refractivity contribution is 6.05. The highest BCUT2D eigenvalue weighted by Gasteiger charge is 2.24. The number of hydrogen-bond donors (Lipinski definition) is 1. The number of fused-ring (bicyclic) bond motifs is 1. The van der Waals surface area contributed by atoms with E-state index in [1.165, 1.54) is 0 Å². The molecule has 2 heterocycles. The van der Waals surface area contributed by atoms with Crippen molar-refractivity contribution in [1.82, 2.24) is 15.2 Å². The predicted octanol–water partition coefficient (Wildman–Crippen LogP) is 0.123. The van der Waals surface area contributed by atoms with Gasteiger partial charge in [-0.05, 0) is 33.2 Å². The zero-order valence-electron chi connectivity index (χ0n) is 10.1. The number of aliphatic imine (C=N–C) groups is 1. The van der Waals surface area contributed by atoms with Crippen molar-refractivity contribution in [1.29, 1.82) is 0 Å². The molecule has 5 nitrogen and oxygen atoms in total. The minimum atomic E-state index is 0.380. The van der Waals surface area contributed by atoms with E-state index in [0.29, 0.717) is 6.04 Å². The molecule has 0 aromatic heterocycles. The van der Waals surface area contributed by atoms with Gasteiger partial charge in [0.25, 0.3) is 0 Å². The Morgan fingerprint density at radius 1 is 1.50 bits per heavy atom. The van der Waals surface area contributed by atoms with Gasteiger partial charge >= 0.3 is 0 Å². The predicted molar refractivity (Wildman–Crippen MR) is 66.7 cm³/mol. The molecule has 2 aliphatic heterocycles. The van der Waals surface area contributed by atoms with Crippen molar-refractivity contribution in [3.8, 4) is 0 Å². The van der Waals surface area contributed by atoms with Crippen LogP contribution in [-0.2, 0) is 0 Å². The lowest BCUT2D eigenvalue weighted by Gasteiger charge is -2.22. The third kappa shape index (κ3) is 2.41. The van der Waals surface area contributed by atoms with E-state index in [2.05, 4.69) is 41.3 Å². The number of hydrazone groups is 1. The number of nitrogens with one attached hydrogen (secondary N) is 1. The molecule has 0 spiro atoms. The molecule has 2 aliphatic rings. The average molecular weight is 221 g/mol. The van der Waals surface area contributed by atoms with Gasteiger partial charge in [0.15, 0.2) is 0 Å². The van der Waals surface area contributed by atoms with Crippen LogP contribution < -0.4 is 5.32 Å². The van der Waals surface area contributed by atoms with Gasteiger partial charge in [-0.1, -0.05) is 0 Å². The minimum Gasteiger partial charge on any atom is -0.367 e. The fraction of sp³-hybridized carbons (Fsp3) is 0.636. The maximum absolute atomic E-state index is 4.52. The molecular weight excluding hydrogens is 202 g/mol. The van der Waals surface area contributed by atoms with E-state index in [0.717, 1.165) is 31.3 Å². The van der Waals surface area contributed by atoms with Gasteiger partial charge in [0.2, 0.25) is 0 Å². The topological polar surface area (TPSA) is 43.2 Å². The fourth-order valence-corrected chi connectivity index (χ4v) is 1.68. The first-order valence-corrected chi connectivity index (χ1v) is 5.66. The molecule has 0 saturated heterocycles. The van der Waals surface area contributed by atoms with E-state index in [-0.39, 0.29) is 0 Å². The zero-order chi connectivity index (χ0) is 11.5. The molecular formula is C11H19N5. The summed E-state index contributed by atoms with van der Waals surface area (Å²) in [5.74, 6) is 1.90. The molecule has 0 bridgehead atoms. The van der Waals surface area contributed by atoms with E-state index in [1.54, 1.807) is 0 Å². The third-order valence-corrected chi connectivity index (χ3v) is 2.64. The maximum atomic E-state index is 4.52. The van der Waals surface area contributed by atoms with E-state index in [4.69, 9.17) is 0 Å². The maximum Gasteiger partial charge on any atom is 0.146 e. The molecule has 1 unspecified atom stereocenters. The van der Waals surface area contributed by atoms with Crippen LogP contribution in [0.3, 0.4) is 0 Å². The molecule has 0 saturated carbocycles. The summed E-state index contributed by atoms with van der Waals surface area (Å²) in [5, 5.41) is 9.82. The number of rotatable bonds is 3. The van der Waals surface area contributed by atoms with Gasteiger partial charge in [0.05, 0.1) is 12.6 Å². The van der Waals surface area contributed by atoms with Crippen LogP contribution in [0.2, 0.25) is 0 Å².